The summed E-state index contributed by atoms with van der Waals surface area (Å²) in [5, 5.41) is 2.33. The topological polar surface area (TPSA) is 103 Å². The summed E-state index contributed by atoms with van der Waals surface area (Å²) < 4.78 is 9.65. The molecule has 0 aliphatic rings. The molecule has 0 radical (unpaired) electrons. The Balaban J connectivity index is 2.75. The highest BCUT2D eigenvalue weighted by Crippen LogP contribution is 2.03. The molecule has 122 valence electrons. The molecule has 23 heavy (non-hydrogen) atoms. The first-order chi connectivity index (χ1) is 11.1. The SMILES string of the molecule is CN=CC(=C\N)/C=C(\NC(=O)OCc1ccccc1)C(=O)OC. The molecular weight excluding hydrogens is 298 g/mol. The third kappa shape index (κ3) is 6.47. The van der Waals surface area contributed by atoms with Crippen molar-refractivity contribution in [2.75, 3.05) is 14.2 Å². The Morgan fingerprint density at radius 3 is 2.57 bits per heavy atom. The predicted octanol–water partition coefficient (Wildman–Crippen LogP) is 1.51. The number of nitrogens with zero attached hydrogens (tertiary/aromatic N) is 1. The molecule has 0 heterocycles. The maximum absolute atomic E-state index is 11.8. The molecule has 1 amide bonds. The fraction of sp³-hybridized carbons (Fsp3) is 0.188. The number of allylic oxidation sites excluding steroid dienone is 2. The lowest BCUT2D eigenvalue weighted by Crippen LogP contribution is -2.29. The van der Waals surface area contributed by atoms with Crippen LogP contribution in [0.3, 0.4) is 0 Å². The van der Waals surface area contributed by atoms with E-state index in [1.54, 1.807) is 7.05 Å². The molecule has 0 atom stereocenters. The van der Waals surface area contributed by atoms with Crippen LogP contribution in [0.5, 0.6) is 0 Å². The molecule has 0 aliphatic carbocycles. The van der Waals surface area contributed by atoms with Gasteiger partial charge in [0.1, 0.15) is 12.3 Å². The van der Waals surface area contributed by atoms with Crippen molar-refractivity contribution in [3.8, 4) is 0 Å². The Hall–Kier alpha value is -3.09. The molecule has 0 bridgehead atoms. The van der Waals surface area contributed by atoms with Crippen molar-refractivity contribution in [3.05, 3.63) is 59.4 Å². The fourth-order valence-corrected chi connectivity index (χ4v) is 1.57. The first-order valence-corrected chi connectivity index (χ1v) is 6.72. The van der Waals surface area contributed by atoms with Crippen molar-refractivity contribution in [1.82, 2.24) is 5.32 Å². The van der Waals surface area contributed by atoms with E-state index in [9.17, 15) is 9.59 Å². The Morgan fingerprint density at radius 1 is 1.30 bits per heavy atom. The number of nitrogens with one attached hydrogen (secondary N) is 1. The van der Waals surface area contributed by atoms with Crippen LogP contribution in [0.25, 0.3) is 0 Å². The van der Waals surface area contributed by atoms with Gasteiger partial charge in [0.25, 0.3) is 0 Å². The van der Waals surface area contributed by atoms with Crippen LogP contribution < -0.4 is 11.1 Å². The Labute approximate surface area is 134 Å². The summed E-state index contributed by atoms with van der Waals surface area (Å²) >= 11 is 0. The molecule has 3 N–H and O–H groups in total. The number of methoxy groups -OCH3 is 1. The average molecular weight is 317 g/mol. The van der Waals surface area contributed by atoms with Crippen LogP contribution in [0.15, 0.2) is 58.9 Å². The summed E-state index contributed by atoms with van der Waals surface area (Å²) in [6, 6.07) is 9.16. The molecule has 0 aromatic heterocycles. The number of ether oxygens (including phenoxy) is 2. The molecule has 1 rings (SSSR count). The minimum atomic E-state index is -0.782. The Morgan fingerprint density at radius 2 is 2.00 bits per heavy atom. The van der Waals surface area contributed by atoms with E-state index >= 15 is 0 Å². The van der Waals surface area contributed by atoms with E-state index in [0.29, 0.717) is 5.57 Å². The van der Waals surface area contributed by atoms with Crippen LogP contribution in [0.1, 0.15) is 5.56 Å². The van der Waals surface area contributed by atoms with Crippen LogP contribution in [0.4, 0.5) is 4.79 Å². The minimum absolute atomic E-state index is 0.0805. The first-order valence-electron chi connectivity index (χ1n) is 6.72. The van der Waals surface area contributed by atoms with Crippen LogP contribution in [-0.4, -0.2) is 32.4 Å². The van der Waals surface area contributed by atoms with Crippen molar-refractivity contribution in [3.63, 3.8) is 0 Å². The molecule has 0 saturated carbocycles. The van der Waals surface area contributed by atoms with Crippen molar-refractivity contribution in [2.24, 2.45) is 10.7 Å². The zero-order valence-electron chi connectivity index (χ0n) is 13.0. The minimum Gasteiger partial charge on any atom is -0.464 e. The maximum atomic E-state index is 11.8. The highest BCUT2D eigenvalue weighted by Gasteiger charge is 2.14. The van der Waals surface area contributed by atoms with E-state index in [1.165, 1.54) is 25.6 Å². The van der Waals surface area contributed by atoms with Crippen LogP contribution in [-0.2, 0) is 20.9 Å². The van der Waals surface area contributed by atoms with E-state index in [2.05, 4.69) is 15.0 Å². The summed E-state index contributed by atoms with van der Waals surface area (Å²) in [7, 11) is 2.75. The molecule has 0 aliphatic heterocycles. The molecule has 7 heteroatoms. The quantitative estimate of drug-likeness (QED) is 0.358. The van der Waals surface area contributed by atoms with Gasteiger partial charge in [-0.25, -0.2) is 9.59 Å². The molecule has 1 aromatic rings. The molecule has 1 aromatic carbocycles. The number of carbonyl (C=O) groups is 2. The maximum Gasteiger partial charge on any atom is 0.412 e. The third-order valence-corrected chi connectivity index (χ3v) is 2.64. The first kappa shape index (κ1) is 18.0. The second-order valence-corrected chi connectivity index (χ2v) is 4.29. The molecule has 7 nitrogen and oxygen atoms in total. The largest absolute Gasteiger partial charge is 0.464 e. The van der Waals surface area contributed by atoms with Crippen molar-refractivity contribution >= 4 is 18.3 Å². The van der Waals surface area contributed by atoms with Crippen LogP contribution >= 0.6 is 0 Å². The number of aliphatic imine (C=N–C) groups is 1. The smallest absolute Gasteiger partial charge is 0.412 e. The second-order valence-electron chi connectivity index (χ2n) is 4.29. The average Bonchev–Trinajstić information content (AvgIpc) is 2.58. The van der Waals surface area contributed by atoms with Gasteiger partial charge in [-0.3, -0.25) is 10.3 Å². The fourth-order valence-electron chi connectivity index (χ4n) is 1.57. The van der Waals surface area contributed by atoms with Crippen molar-refractivity contribution < 1.29 is 19.1 Å². The van der Waals surface area contributed by atoms with Crippen LogP contribution in [0.2, 0.25) is 0 Å². The number of esters is 1. The Kier molecular flexibility index (Phi) is 7.63. The lowest BCUT2D eigenvalue weighted by molar-refractivity contribution is -0.136. The summed E-state index contributed by atoms with van der Waals surface area (Å²) in [4.78, 5) is 27.3. The summed E-state index contributed by atoms with van der Waals surface area (Å²) in [5.41, 5.74) is 6.56. The van der Waals surface area contributed by atoms with Crippen molar-refractivity contribution in [2.45, 2.75) is 6.61 Å². The van der Waals surface area contributed by atoms with Gasteiger partial charge in [-0.15, -0.1) is 0 Å². The van der Waals surface area contributed by atoms with Crippen LogP contribution in [0, 0.1) is 0 Å². The normalized spacial score (nSPS) is 12.1. The second kappa shape index (κ2) is 9.78. The lowest BCUT2D eigenvalue weighted by atomic mass is 10.2. The monoisotopic (exact) mass is 317 g/mol. The molecule has 0 unspecified atom stereocenters. The van der Waals surface area contributed by atoms with E-state index in [-0.39, 0.29) is 12.3 Å². The van der Waals surface area contributed by atoms with Gasteiger partial charge >= 0.3 is 12.1 Å². The Bertz CT molecular complexity index is 621. The molecule has 0 fully saturated rings. The highest BCUT2D eigenvalue weighted by atomic mass is 16.6. The summed E-state index contributed by atoms with van der Waals surface area (Å²) in [5.74, 6) is -0.731. The predicted molar refractivity (Wildman–Crippen MR) is 86.5 cm³/mol. The summed E-state index contributed by atoms with van der Waals surface area (Å²) in [6.45, 7) is 0.0805. The van der Waals surface area contributed by atoms with Gasteiger partial charge < -0.3 is 15.2 Å². The number of rotatable bonds is 6. The molecule has 0 saturated heterocycles. The van der Waals surface area contributed by atoms with Gasteiger partial charge in [0, 0.05) is 25.0 Å². The van der Waals surface area contributed by atoms with Gasteiger partial charge in [-0.1, -0.05) is 30.3 Å². The number of hydrogen-bond acceptors (Lipinski definition) is 6. The number of benzene rings is 1. The van der Waals surface area contributed by atoms with Crippen molar-refractivity contribution in [1.29, 1.82) is 0 Å². The number of nitrogens with two attached hydrogens (primary N) is 1. The van der Waals surface area contributed by atoms with Gasteiger partial charge in [0.05, 0.1) is 7.11 Å². The van der Waals surface area contributed by atoms with E-state index in [4.69, 9.17) is 10.5 Å². The third-order valence-electron chi connectivity index (χ3n) is 2.64. The molecular formula is C16H19N3O4. The summed E-state index contributed by atoms with van der Waals surface area (Å²) in [6.07, 6.45) is 3.23. The molecule has 0 spiro atoms. The number of alkyl carbamates (subject to hydrolysis) is 1. The van der Waals surface area contributed by atoms with Gasteiger partial charge in [0.2, 0.25) is 0 Å². The van der Waals surface area contributed by atoms with Gasteiger partial charge in [-0.2, -0.15) is 0 Å². The van der Waals surface area contributed by atoms with E-state index in [1.807, 2.05) is 30.3 Å². The number of amides is 1. The van der Waals surface area contributed by atoms with Gasteiger partial charge in [0.15, 0.2) is 0 Å². The number of hydrogen-bond donors (Lipinski definition) is 2. The van der Waals surface area contributed by atoms with E-state index in [0.717, 1.165) is 5.56 Å². The standard InChI is InChI=1S/C16H19N3O4/c1-18-10-13(9-17)8-14(15(20)22-2)19-16(21)23-11-12-6-4-3-5-7-12/h3-10H,11,17H2,1-2H3,(H,19,21)/b13-9-,14-8-,18-10?. The highest BCUT2D eigenvalue weighted by molar-refractivity contribution is 5.95. The number of carbonyl (C=O) groups excluding carboxylic acids is 2. The zero-order chi connectivity index (χ0) is 17.1. The lowest BCUT2D eigenvalue weighted by Gasteiger charge is -2.09. The van der Waals surface area contributed by atoms with Gasteiger partial charge in [-0.05, 0) is 11.6 Å². The van der Waals surface area contributed by atoms with E-state index < -0.39 is 12.1 Å². The zero-order valence-corrected chi connectivity index (χ0v) is 13.0.